The molecule has 0 aliphatic heterocycles. The summed E-state index contributed by atoms with van der Waals surface area (Å²) in [5, 5.41) is 0.983. The van der Waals surface area contributed by atoms with Gasteiger partial charge in [-0.15, -0.1) is 0 Å². The first-order valence-corrected chi connectivity index (χ1v) is 9.79. The molecule has 1 aromatic rings. The number of halogens is 2. The predicted octanol–water partition coefficient (Wildman–Crippen LogP) is 5.62. The van der Waals surface area contributed by atoms with Gasteiger partial charge in [-0.1, -0.05) is 48.3 Å². The molecule has 0 radical (unpaired) electrons. The van der Waals surface area contributed by atoms with Crippen LogP contribution in [0.4, 0.5) is 0 Å². The Labute approximate surface area is 119 Å². The highest BCUT2D eigenvalue weighted by Gasteiger charge is 2.36. The maximum Gasteiger partial charge on any atom is 0.192 e. The van der Waals surface area contributed by atoms with Crippen molar-refractivity contribution in [2.45, 2.75) is 45.5 Å². The fourth-order valence-corrected chi connectivity index (χ4v) is 3.07. The van der Waals surface area contributed by atoms with E-state index in [0.717, 1.165) is 15.1 Å². The van der Waals surface area contributed by atoms with Gasteiger partial charge in [0.05, 0.1) is 6.61 Å². The van der Waals surface area contributed by atoms with Gasteiger partial charge < -0.3 is 4.43 Å². The second-order valence-electron chi connectivity index (χ2n) is 5.83. The van der Waals surface area contributed by atoms with Crippen LogP contribution in [-0.2, 0) is 11.0 Å². The summed E-state index contributed by atoms with van der Waals surface area (Å²) in [6.07, 6.45) is 0. The van der Waals surface area contributed by atoms with E-state index in [4.69, 9.17) is 16.0 Å². The lowest BCUT2D eigenvalue weighted by Gasteiger charge is -2.36. The van der Waals surface area contributed by atoms with Gasteiger partial charge in [0.2, 0.25) is 0 Å². The van der Waals surface area contributed by atoms with Crippen LogP contribution < -0.4 is 0 Å². The van der Waals surface area contributed by atoms with Crippen molar-refractivity contribution in [3.05, 3.63) is 33.3 Å². The molecule has 17 heavy (non-hydrogen) atoms. The average molecular weight is 336 g/mol. The third kappa shape index (κ3) is 4.40. The first-order chi connectivity index (χ1) is 7.62. The van der Waals surface area contributed by atoms with E-state index in [1.807, 2.05) is 12.1 Å². The van der Waals surface area contributed by atoms with Crippen molar-refractivity contribution in [2.75, 3.05) is 0 Å². The predicted molar refractivity (Wildman–Crippen MR) is 81.1 cm³/mol. The largest absolute Gasteiger partial charge is 0.413 e. The van der Waals surface area contributed by atoms with Crippen LogP contribution in [-0.4, -0.2) is 8.32 Å². The topological polar surface area (TPSA) is 9.23 Å². The van der Waals surface area contributed by atoms with Crippen LogP contribution in [0.25, 0.3) is 0 Å². The van der Waals surface area contributed by atoms with Gasteiger partial charge in [0, 0.05) is 9.50 Å². The molecule has 4 heteroatoms. The monoisotopic (exact) mass is 334 g/mol. The molecule has 0 N–H and O–H groups in total. The SMILES string of the molecule is CC(C)(C)[Si](C)(C)OCc1cc(Cl)cc(Br)c1. The third-order valence-corrected chi connectivity index (χ3v) is 8.48. The van der Waals surface area contributed by atoms with Crippen LogP contribution in [0.5, 0.6) is 0 Å². The molecule has 96 valence electrons. The normalized spacial score (nSPS) is 12.9. The van der Waals surface area contributed by atoms with E-state index in [2.05, 4.69) is 55.9 Å². The summed E-state index contributed by atoms with van der Waals surface area (Å²) in [6.45, 7) is 11.9. The zero-order valence-electron chi connectivity index (χ0n) is 11.1. The fourth-order valence-electron chi connectivity index (χ4n) is 1.17. The van der Waals surface area contributed by atoms with Gasteiger partial charge in [0.1, 0.15) is 0 Å². The number of hydrogen-bond acceptors (Lipinski definition) is 1. The molecule has 0 aliphatic carbocycles. The van der Waals surface area contributed by atoms with E-state index >= 15 is 0 Å². The molecule has 0 saturated heterocycles. The highest BCUT2D eigenvalue weighted by Crippen LogP contribution is 2.37. The summed E-state index contributed by atoms with van der Waals surface area (Å²) >= 11 is 9.46. The molecule has 0 aromatic heterocycles. The summed E-state index contributed by atoms with van der Waals surface area (Å²) < 4.78 is 7.15. The number of hydrogen-bond donors (Lipinski definition) is 0. The van der Waals surface area contributed by atoms with E-state index in [9.17, 15) is 0 Å². The van der Waals surface area contributed by atoms with Crippen molar-refractivity contribution < 1.29 is 4.43 Å². The van der Waals surface area contributed by atoms with Crippen molar-refractivity contribution in [2.24, 2.45) is 0 Å². The minimum absolute atomic E-state index is 0.239. The van der Waals surface area contributed by atoms with Crippen LogP contribution in [0, 0.1) is 0 Å². The first kappa shape index (κ1) is 15.2. The lowest BCUT2D eigenvalue weighted by atomic mass is 10.2. The van der Waals surface area contributed by atoms with Gasteiger partial charge in [0.25, 0.3) is 0 Å². The van der Waals surface area contributed by atoms with Crippen LogP contribution >= 0.6 is 27.5 Å². The Morgan fingerprint density at radius 1 is 1.24 bits per heavy atom. The van der Waals surface area contributed by atoms with Gasteiger partial charge in [0.15, 0.2) is 8.32 Å². The van der Waals surface area contributed by atoms with Crippen molar-refractivity contribution in [1.82, 2.24) is 0 Å². The molecule has 0 saturated carbocycles. The van der Waals surface area contributed by atoms with Crippen LogP contribution in [0.2, 0.25) is 23.2 Å². The van der Waals surface area contributed by atoms with Crippen LogP contribution in [0.1, 0.15) is 26.3 Å². The number of rotatable bonds is 3. The van der Waals surface area contributed by atoms with Crippen LogP contribution in [0.15, 0.2) is 22.7 Å². The highest BCUT2D eigenvalue weighted by atomic mass is 79.9. The molecule has 1 rings (SSSR count). The third-order valence-electron chi connectivity index (χ3n) is 3.33. The van der Waals surface area contributed by atoms with E-state index in [1.54, 1.807) is 0 Å². The maximum atomic E-state index is 6.15. The minimum Gasteiger partial charge on any atom is -0.413 e. The molecule has 0 aliphatic rings. The maximum absolute atomic E-state index is 6.15. The average Bonchev–Trinajstić information content (AvgIpc) is 2.11. The lowest BCUT2D eigenvalue weighted by Crippen LogP contribution is -2.40. The summed E-state index contributed by atoms with van der Waals surface area (Å²) in [5.41, 5.74) is 1.12. The summed E-state index contributed by atoms with van der Waals surface area (Å²) in [6, 6.07) is 5.90. The van der Waals surface area contributed by atoms with Gasteiger partial charge in [-0.2, -0.15) is 0 Å². The van der Waals surface area contributed by atoms with Crippen molar-refractivity contribution >= 4 is 35.8 Å². The number of benzene rings is 1. The Bertz CT molecular complexity index is 379. The first-order valence-electron chi connectivity index (χ1n) is 5.71. The zero-order valence-corrected chi connectivity index (χ0v) is 14.4. The summed E-state index contributed by atoms with van der Waals surface area (Å²) in [5.74, 6) is 0. The second-order valence-corrected chi connectivity index (χ2v) is 12.0. The Kier molecular flexibility index (Phi) is 4.86. The van der Waals surface area contributed by atoms with E-state index in [-0.39, 0.29) is 5.04 Å². The molecule has 0 spiro atoms. The quantitative estimate of drug-likeness (QED) is 0.651. The van der Waals surface area contributed by atoms with Gasteiger partial charge in [-0.3, -0.25) is 0 Å². The molecule has 0 unspecified atom stereocenters. The fraction of sp³-hybridized carbons (Fsp3) is 0.538. The van der Waals surface area contributed by atoms with Crippen molar-refractivity contribution in [3.8, 4) is 0 Å². The van der Waals surface area contributed by atoms with Crippen molar-refractivity contribution in [3.63, 3.8) is 0 Å². The molecule has 0 fully saturated rings. The van der Waals surface area contributed by atoms with Crippen molar-refractivity contribution in [1.29, 1.82) is 0 Å². The Balaban J connectivity index is 2.74. The minimum atomic E-state index is -1.68. The van der Waals surface area contributed by atoms with Gasteiger partial charge >= 0.3 is 0 Å². The smallest absolute Gasteiger partial charge is 0.192 e. The van der Waals surface area contributed by atoms with E-state index in [1.165, 1.54) is 0 Å². The Hall–Kier alpha value is 0.167. The standard InChI is InChI=1S/C13H20BrClOSi/c1-13(2,3)17(4,5)16-9-10-6-11(14)8-12(15)7-10/h6-8H,9H2,1-5H3. The summed E-state index contributed by atoms with van der Waals surface area (Å²) in [4.78, 5) is 0. The molecule has 1 aromatic carbocycles. The van der Waals surface area contributed by atoms with Gasteiger partial charge in [-0.25, -0.2) is 0 Å². The van der Waals surface area contributed by atoms with E-state index in [0.29, 0.717) is 6.61 Å². The molecular formula is C13H20BrClOSi. The molecule has 1 nitrogen and oxygen atoms in total. The Morgan fingerprint density at radius 3 is 2.29 bits per heavy atom. The van der Waals surface area contributed by atoms with Gasteiger partial charge in [-0.05, 0) is 41.9 Å². The molecular weight excluding hydrogens is 316 g/mol. The zero-order chi connectivity index (χ0) is 13.3. The highest BCUT2D eigenvalue weighted by molar-refractivity contribution is 9.10. The van der Waals surface area contributed by atoms with Crippen LogP contribution in [0.3, 0.4) is 0 Å². The Morgan fingerprint density at radius 2 is 1.82 bits per heavy atom. The van der Waals surface area contributed by atoms with E-state index < -0.39 is 8.32 Å². The summed E-state index contributed by atoms with van der Waals surface area (Å²) in [7, 11) is -1.68. The molecule has 0 atom stereocenters. The lowest BCUT2D eigenvalue weighted by molar-refractivity contribution is 0.276. The second kappa shape index (κ2) is 5.43. The molecule has 0 heterocycles. The molecule has 0 amide bonds. The molecule has 0 bridgehead atoms.